The van der Waals surface area contributed by atoms with Crippen LogP contribution in [-0.4, -0.2) is 21.9 Å². The molecule has 0 aliphatic heterocycles. The molecule has 0 saturated carbocycles. The Morgan fingerprint density at radius 3 is 0.917 bits per heavy atom. The highest BCUT2D eigenvalue weighted by Crippen LogP contribution is 1.80. The van der Waals surface area contributed by atoms with E-state index in [0.717, 1.165) is 0 Å². The number of rotatable bonds is 2. The van der Waals surface area contributed by atoms with Crippen LogP contribution in [0.2, 0.25) is 0 Å². The third-order valence-corrected chi connectivity index (χ3v) is 0.843. The van der Waals surface area contributed by atoms with Crippen molar-refractivity contribution in [1.29, 1.82) is 0 Å². The second-order valence-electron chi connectivity index (χ2n) is 2.76. The summed E-state index contributed by atoms with van der Waals surface area (Å²) in [6.07, 6.45) is 0. The van der Waals surface area contributed by atoms with Gasteiger partial charge in [-0.25, -0.2) is 0 Å². The minimum atomic E-state index is -0.426. The molecule has 0 aromatic carbocycles. The van der Waals surface area contributed by atoms with Crippen molar-refractivity contribution in [3.63, 3.8) is 0 Å². The highest BCUT2D eigenvalue weighted by Gasteiger charge is 1.99. The van der Waals surface area contributed by atoms with Crippen LogP contribution >= 0.6 is 0 Å². The lowest BCUT2D eigenvalue weighted by molar-refractivity contribution is -0.513. The fourth-order valence-corrected chi connectivity index (χ4v) is 0. The zero-order valence-electron chi connectivity index (χ0n) is 7.68. The molecule has 0 spiro atoms. The normalized spacial score (nSPS) is 9.17. The van der Waals surface area contributed by atoms with Crippen molar-refractivity contribution in [2.45, 2.75) is 39.8 Å². The maximum atomic E-state index is 9.50. The lowest BCUT2D eigenvalue weighted by Crippen LogP contribution is -2.08. The van der Waals surface area contributed by atoms with Crippen LogP contribution in [0.25, 0.3) is 0 Å². The van der Waals surface area contributed by atoms with E-state index in [1.54, 1.807) is 27.7 Å². The molecule has 12 heavy (non-hydrogen) atoms. The Morgan fingerprint density at radius 1 is 0.833 bits per heavy atom. The summed E-state index contributed by atoms with van der Waals surface area (Å²) in [5.74, 6) is 0. The molecular weight excluding hydrogens is 164 g/mol. The summed E-state index contributed by atoms with van der Waals surface area (Å²) in [5.41, 5.74) is 0. The lowest BCUT2D eigenvalue weighted by atomic mass is 10.4. The smallest absolute Gasteiger partial charge is 0.207 e. The zero-order valence-corrected chi connectivity index (χ0v) is 7.68. The summed E-state index contributed by atoms with van der Waals surface area (Å²) in [6, 6.07) is -0.852. The first-order valence-electron chi connectivity index (χ1n) is 3.56. The van der Waals surface area contributed by atoms with Crippen molar-refractivity contribution in [3.05, 3.63) is 20.2 Å². The molecule has 0 heterocycles. The van der Waals surface area contributed by atoms with Crippen LogP contribution in [0.1, 0.15) is 27.7 Å². The molecular formula is C6H14N2O4. The van der Waals surface area contributed by atoms with Crippen LogP contribution in [0, 0.1) is 20.2 Å². The minimum Gasteiger partial charge on any atom is -0.264 e. The van der Waals surface area contributed by atoms with Gasteiger partial charge in [-0.15, -0.1) is 0 Å². The number of hydrogen-bond acceptors (Lipinski definition) is 4. The van der Waals surface area contributed by atoms with Crippen LogP contribution in [0.5, 0.6) is 0 Å². The molecule has 0 fully saturated rings. The molecule has 0 aromatic heterocycles. The van der Waals surface area contributed by atoms with Crippen molar-refractivity contribution >= 4 is 0 Å². The van der Waals surface area contributed by atoms with E-state index in [-0.39, 0.29) is 9.85 Å². The van der Waals surface area contributed by atoms with Gasteiger partial charge in [-0.2, -0.15) is 0 Å². The average Bonchev–Trinajstić information content (AvgIpc) is 1.88. The molecule has 0 radical (unpaired) electrons. The number of nitro groups is 2. The van der Waals surface area contributed by atoms with E-state index in [1.165, 1.54) is 0 Å². The van der Waals surface area contributed by atoms with Crippen LogP contribution in [0.3, 0.4) is 0 Å². The zero-order chi connectivity index (χ0) is 10.3. The van der Waals surface area contributed by atoms with E-state index in [2.05, 4.69) is 0 Å². The first-order chi connectivity index (χ1) is 5.29. The molecule has 0 aromatic rings. The second-order valence-corrected chi connectivity index (χ2v) is 2.76. The standard InChI is InChI=1S/2C3H7NO2/c2*1-3(2)4(5)6/h2*3H,1-2H3. The molecule has 0 bridgehead atoms. The molecule has 0 aliphatic carbocycles. The monoisotopic (exact) mass is 178 g/mol. The van der Waals surface area contributed by atoms with Gasteiger partial charge in [-0.05, 0) is 0 Å². The van der Waals surface area contributed by atoms with Gasteiger partial charge in [0.25, 0.3) is 0 Å². The highest BCUT2D eigenvalue weighted by atomic mass is 16.6. The predicted molar refractivity (Wildman–Crippen MR) is 44.3 cm³/mol. The molecule has 72 valence electrons. The van der Waals surface area contributed by atoms with E-state index >= 15 is 0 Å². The van der Waals surface area contributed by atoms with Gasteiger partial charge in [0.15, 0.2) is 0 Å². The molecule has 6 nitrogen and oxygen atoms in total. The molecule has 0 saturated heterocycles. The topological polar surface area (TPSA) is 86.3 Å². The van der Waals surface area contributed by atoms with Crippen molar-refractivity contribution in [1.82, 2.24) is 0 Å². The average molecular weight is 178 g/mol. The summed E-state index contributed by atoms with van der Waals surface area (Å²) in [7, 11) is 0. The first kappa shape index (κ1) is 13.4. The quantitative estimate of drug-likeness (QED) is 0.471. The molecule has 0 amide bonds. The van der Waals surface area contributed by atoms with E-state index < -0.39 is 12.1 Å². The van der Waals surface area contributed by atoms with Gasteiger partial charge in [0.05, 0.1) is 0 Å². The molecule has 0 atom stereocenters. The Bertz CT molecular complexity index is 138. The van der Waals surface area contributed by atoms with Crippen LogP contribution in [-0.2, 0) is 0 Å². The van der Waals surface area contributed by atoms with Gasteiger partial charge in [0, 0.05) is 37.5 Å². The molecule has 0 unspecified atom stereocenters. The van der Waals surface area contributed by atoms with Crippen LogP contribution in [0.4, 0.5) is 0 Å². The maximum Gasteiger partial charge on any atom is 0.207 e. The Kier molecular flexibility index (Phi) is 7.26. The van der Waals surface area contributed by atoms with Crippen LogP contribution < -0.4 is 0 Å². The second kappa shape index (κ2) is 6.51. The van der Waals surface area contributed by atoms with Crippen molar-refractivity contribution in [3.8, 4) is 0 Å². The van der Waals surface area contributed by atoms with Crippen molar-refractivity contribution < 1.29 is 9.85 Å². The van der Waals surface area contributed by atoms with Gasteiger partial charge >= 0.3 is 0 Å². The van der Waals surface area contributed by atoms with Gasteiger partial charge in [-0.3, -0.25) is 20.2 Å². The van der Waals surface area contributed by atoms with Gasteiger partial charge in [-0.1, -0.05) is 0 Å². The van der Waals surface area contributed by atoms with Crippen molar-refractivity contribution in [2.24, 2.45) is 0 Å². The first-order valence-corrected chi connectivity index (χ1v) is 3.56. The summed E-state index contributed by atoms with van der Waals surface area (Å²) in [4.78, 5) is 18.3. The molecule has 0 rings (SSSR count). The largest absolute Gasteiger partial charge is 0.264 e. The Balaban J connectivity index is 0. The minimum absolute atomic E-state index is 0.333. The van der Waals surface area contributed by atoms with E-state index in [0.29, 0.717) is 0 Å². The van der Waals surface area contributed by atoms with Gasteiger partial charge < -0.3 is 0 Å². The SMILES string of the molecule is CC(C)[N+](=O)[O-].CC(C)[N+](=O)[O-]. The predicted octanol–water partition coefficient (Wildman–Crippen LogP) is 1.34. The van der Waals surface area contributed by atoms with E-state index in [1.807, 2.05) is 0 Å². The highest BCUT2D eigenvalue weighted by molar-refractivity contribution is 4.29. The molecule has 6 heteroatoms. The Labute approximate surface area is 70.9 Å². The fraction of sp³-hybridized carbons (Fsp3) is 1.00. The summed E-state index contributed by atoms with van der Waals surface area (Å²) < 4.78 is 0. The summed E-state index contributed by atoms with van der Waals surface area (Å²) in [6.45, 7) is 6.17. The number of nitrogens with zero attached hydrogens (tertiary/aromatic N) is 2. The third kappa shape index (κ3) is 11.6. The molecule has 0 N–H and O–H groups in total. The fourth-order valence-electron chi connectivity index (χ4n) is 0. The third-order valence-electron chi connectivity index (χ3n) is 0.843. The summed E-state index contributed by atoms with van der Waals surface area (Å²) >= 11 is 0. The van der Waals surface area contributed by atoms with E-state index in [4.69, 9.17) is 0 Å². The van der Waals surface area contributed by atoms with Gasteiger partial charge in [0.1, 0.15) is 0 Å². The van der Waals surface area contributed by atoms with Gasteiger partial charge in [0.2, 0.25) is 12.1 Å². The summed E-state index contributed by atoms with van der Waals surface area (Å²) in [5, 5.41) is 19.0. The van der Waals surface area contributed by atoms with Crippen molar-refractivity contribution in [2.75, 3.05) is 0 Å². The Hall–Kier alpha value is -1.20. The van der Waals surface area contributed by atoms with E-state index in [9.17, 15) is 20.2 Å². The Morgan fingerprint density at radius 2 is 0.917 bits per heavy atom. The maximum absolute atomic E-state index is 9.50. The van der Waals surface area contributed by atoms with Crippen LogP contribution in [0.15, 0.2) is 0 Å². The molecule has 0 aliphatic rings. The lowest BCUT2D eigenvalue weighted by Gasteiger charge is -1.88. The number of hydrogen-bond donors (Lipinski definition) is 0.